The van der Waals surface area contributed by atoms with Gasteiger partial charge in [0.15, 0.2) is 0 Å². The molecule has 0 saturated heterocycles. The van der Waals surface area contributed by atoms with E-state index in [0.29, 0.717) is 0 Å². The van der Waals surface area contributed by atoms with Crippen molar-refractivity contribution in [3.8, 4) is 5.75 Å². The Balaban J connectivity index is 2.82. The van der Waals surface area contributed by atoms with E-state index in [1.807, 2.05) is 0 Å². The standard InChI is InChI=1S/C6H7BFNO3/c1-4-2-5(12-7(10)11)3-9-6(4)8/h2-3,10-11H,1H3. The van der Waals surface area contributed by atoms with Crippen LogP contribution in [0.15, 0.2) is 12.3 Å². The summed E-state index contributed by atoms with van der Waals surface area (Å²) in [5, 5.41) is 16.8. The average Bonchev–Trinajstić information content (AvgIpc) is 1.96. The van der Waals surface area contributed by atoms with Gasteiger partial charge in [-0.1, -0.05) is 0 Å². The lowest BCUT2D eigenvalue weighted by Gasteiger charge is -2.04. The predicted octanol–water partition coefficient (Wildman–Crippen LogP) is -0.123. The molecule has 0 spiro atoms. The fourth-order valence-electron chi connectivity index (χ4n) is 0.718. The number of rotatable bonds is 2. The molecule has 0 bridgehead atoms. The Bertz CT molecular complexity index is 281. The Morgan fingerprint density at radius 1 is 1.58 bits per heavy atom. The van der Waals surface area contributed by atoms with Gasteiger partial charge in [-0.2, -0.15) is 4.39 Å². The predicted molar refractivity (Wildman–Crippen MR) is 39.8 cm³/mol. The third-order valence-electron chi connectivity index (χ3n) is 1.23. The Morgan fingerprint density at radius 2 is 2.25 bits per heavy atom. The second kappa shape index (κ2) is 3.51. The summed E-state index contributed by atoms with van der Waals surface area (Å²) in [6, 6.07) is 1.32. The molecule has 1 aromatic heterocycles. The van der Waals surface area contributed by atoms with Gasteiger partial charge < -0.3 is 14.7 Å². The van der Waals surface area contributed by atoms with Crippen molar-refractivity contribution in [1.29, 1.82) is 0 Å². The highest BCUT2D eigenvalue weighted by Crippen LogP contribution is 2.12. The number of hydrogen-bond donors (Lipinski definition) is 2. The second-order valence-corrected chi connectivity index (χ2v) is 2.22. The number of pyridine rings is 1. The first kappa shape index (κ1) is 8.96. The Labute approximate surface area is 68.8 Å². The quantitative estimate of drug-likeness (QED) is 0.480. The molecule has 0 saturated carbocycles. The summed E-state index contributed by atoms with van der Waals surface area (Å²) < 4.78 is 17.0. The molecule has 0 aliphatic carbocycles. The van der Waals surface area contributed by atoms with Crippen LogP contribution < -0.4 is 4.65 Å². The van der Waals surface area contributed by atoms with Crippen molar-refractivity contribution in [1.82, 2.24) is 4.98 Å². The summed E-state index contributed by atoms with van der Waals surface area (Å²) in [4.78, 5) is 3.32. The van der Waals surface area contributed by atoms with Gasteiger partial charge in [0.2, 0.25) is 5.95 Å². The third-order valence-corrected chi connectivity index (χ3v) is 1.23. The van der Waals surface area contributed by atoms with E-state index < -0.39 is 13.3 Å². The molecule has 1 rings (SSSR count). The molecular formula is C6H7BFNO3. The van der Waals surface area contributed by atoms with E-state index in [1.165, 1.54) is 13.0 Å². The van der Waals surface area contributed by atoms with Gasteiger partial charge in [-0.05, 0) is 13.0 Å². The van der Waals surface area contributed by atoms with Crippen molar-refractivity contribution in [2.75, 3.05) is 0 Å². The van der Waals surface area contributed by atoms with Crippen LogP contribution in [0.2, 0.25) is 0 Å². The van der Waals surface area contributed by atoms with Crippen molar-refractivity contribution in [2.24, 2.45) is 0 Å². The highest BCUT2D eigenvalue weighted by atomic mass is 19.1. The van der Waals surface area contributed by atoms with E-state index in [4.69, 9.17) is 10.0 Å². The molecule has 4 nitrogen and oxygen atoms in total. The van der Waals surface area contributed by atoms with E-state index in [1.54, 1.807) is 0 Å². The highest BCUT2D eigenvalue weighted by Gasteiger charge is 2.11. The summed E-state index contributed by atoms with van der Waals surface area (Å²) in [5.41, 5.74) is 0.285. The first-order valence-corrected chi connectivity index (χ1v) is 3.24. The second-order valence-electron chi connectivity index (χ2n) is 2.22. The molecule has 12 heavy (non-hydrogen) atoms. The molecule has 0 aliphatic rings. The number of aryl methyl sites for hydroxylation is 1. The summed E-state index contributed by atoms with van der Waals surface area (Å²) >= 11 is 0. The smallest absolute Gasteiger partial charge is 0.511 e. The topological polar surface area (TPSA) is 62.6 Å². The monoisotopic (exact) mass is 171 g/mol. The summed E-state index contributed by atoms with van der Waals surface area (Å²) in [6.45, 7) is 1.50. The lowest BCUT2D eigenvalue weighted by atomic mass is 10.2. The van der Waals surface area contributed by atoms with Crippen LogP contribution in [0.4, 0.5) is 4.39 Å². The molecule has 64 valence electrons. The van der Waals surface area contributed by atoms with Gasteiger partial charge in [0.1, 0.15) is 5.75 Å². The van der Waals surface area contributed by atoms with Crippen LogP contribution in [0.3, 0.4) is 0 Å². The Kier molecular flexibility index (Phi) is 2.62. The normalized spacial score (nSPS) is 9.67. The molecule has 1 heterocycles. The minimum Gasteiger partial charge on any atom is -0.511 e. The van der Waals surface area contributed by atoms with Crippen LogP contribution in [0.25, 0.3) is 0 Å². The number of hydrogen-bond acceptors (Lipinski definition) is 4. The third kappa shape index (κ3) is 2.18. The van der Waals surface area contributed by atoms with E-state index in [0.717, 1.165) is 6.20 Å². The maximum atomic E-state index is 12.5. The fraction of sp³-hybridized carbons (Fsp3) is 0.167. The molecule has 0 unspecified atom stereocenters. The van der Waals surface area contributed by atoms with Crippen molar-refractivity contribution < 1.29 is 19.1 Å². The summed E-state index contributed by atoms with van der Waals surface area (Å²) in [5.74, 6) is -0.487. The molecule has 0 radical (unpaired) electrons. The van der Waals surface area contributed by atoms with E-state index in [2.05, 4.69) is 9.64 Å². The first-order valence-electron chi connectivity index (χ1n) is 3.24. The molecule has 6 heteroatoms. The van der Waals surface area contributed by atoms with Crippen molar-refractivity contribution in [3.05, 3.63) is 23.8 Å². The fourth-order valence-corrected chi connectivity index (χ4v) is 0.718. The average molecular weight is 171 g/mol. The van der Waals surface area contributed by atoms with Gasteiger partial charge >= 0.3 is 7.32 Å². The Morgan fingerprint density at radius 3 is 2.75 bits per heavy atom. The Hall–Kier alpha value is -1.14. The van der Waals surface area contributed by atoms with Gasteiger partial charge in [-0.25, -0.2) is 4.98 Å². The van der Waals surface area contributed by atoms with Crippen LogP contribution in [0, 0.1) is 12.9 Å². The SMILES string of the molecule is Cc1cc(OB(O)O)cnc1F. The molecule has 0 fully saturated rings. The molecule has 0 aliphatic heterocycles. The molecule has 0 aromatic carbocycles. The summed E-state index contributed by atoms with van der Waals surface area (Å²) in [6.07, 6.45) is 1.07. The largest absolute Gasteiger partial charge is 0.707 e. The van der Waals surface area contributed by atoms with E-state index >= 15 is 0 Å². The van der Waals surface area contributed by atoms with Crippen LogP contribution in [-0.4, -0.2) is 22.4 Å². The van der Waals surface area contributed by atoms with Crippen molar-refractivity contribution >= 4 is 7.32 Å². The lowest BCUT2D eigenvalue weighted by Crippen LogP contribution is -2.20. The summed E-state index contributed by atoms with van der Waals surface area (Å²) in [7, 11) is -1.91. The van der Waals surface area contributed by atoms with Crippen molar-refractivity contribution in [2.45, 2.75) is 6.92 Å². The van der Waals surface area contributed by atoms with Gasteiger partial charge in [0.25, 0.3) is 0 Å². The maximum Gasteiger partial charge on any atom is 0.707 e. The molecular weight excluding hydrogens is 164 g/mol. The first-order chi connectivity index (χ1) is 5.59. The van der Waals surface area contributed by atoms with E-state index in [9.17, 15) is 4.39 Å². The maximum absolute atomic E-state index is 12.5. The zero-order valence-corrected chi connectivity index (χ0v) is 6.36. The highest BCUT2D eigenvalue weighted by molar-refractivity contribution is 6.33. The van der Waals surface area contributed by atoms with Gasteiger partial charge in [0.05, 0.1) is 6.20 Å². The zero-order valence-electron chi connectivity index (χ0n) is 6.36. The van der Waals surface area contributed by atoms with Gasteiger partial charge in [-0.15, -0.1) is 0 Å². The van der Waals surface area contributed by atoms with Crippen LogP contribution in [-0.2, 0) is 0 Å². The van der Waals surface area contributed by atoms with Crippen LogP contribution in [0.1, 0.15) is 5.56 Å². The molecule has 0 atom stereocenters. The van der Waals surface area contributed by atoms with E-state index in [-0.39, 0.29) is 11.3 Å². The minimum absolute atomic E-state index is 0.115. The van der Waals surface area contributed by atoms with Crippen molar-refractivity contribution in [3.63, 3.8) is 0 Å². The molecule has 0 amide bonds. The number of nitrogens with zero attached hydrogens (tertiary/aromatic N) is 1. The van der Waals surface area contributed by atoms with Gasteiger partial charge in [0, 0.05) is 5.56 Å². The number of aromatic nitrogens is 1. The molecule has 2 N–H and O–H groups in total. The van der Waals surface area contributed by atoms with Gasteiger partial charge in [-0.3, -0.25) is 0 Å². The lowest BCUT2D eigenvalue weighted by molar-refractivity contribution is 0.287. The van der Waals surface area contributed by atoms with Crippen LogP contribution >= 0.6 is 0 Å². The van der Waals surface area contributed by atoms with Crippen LogP contribution in [0.5, 0.6) is 5.75 Å². The number of halogens is 1. The zero-order chi connectivity index (χ0) is 9.14. The molecule has 1 aromatic rings. The minimum atomic E-state index is -1.91.